The first-order valence-corrected chi connectivity index (χ1v) is 11.6. The molecule has 0 saturated heterocycles. The molecule has 0 fully saturated rings. The SMILES string of the molecule is Cc1c2c(cc3c1O/C(=C\c1ccc(Br)cc1)C3=O)CN(Cc1ccc(Cl)c(Cl)c1)CO2. The van der Waals surface area contributed by atoms with Gasteiger partial charge < -0.3 is 9.47 Å². The van der Waals surface area contributed by atoms with Crippen LogP contribution in [0.3, 0.4) is 0 Å². The van der Waals surface area contributed by atoms with Gasteiger partial charge in [-0.2, -0.15) is 0 Å². The van der Waals surface area contributed by atoms with E-state index < -0.39 is 0 Å². The van der Waals surface area contributed by atoms with E-state index in [4.69, 9.17) is 32.7 Å². The lowest BCUT2D eigenvalue weighted by atomic mass is 10.00. The fourth-order valence-electron chi connectivity index (χ4n) is 4.00. The summed E-state index contributed by atoms with van der Waals surface area (Å²) in [6.07, 6.45) is 1.77. The average molecular weight is 531 g/mol. The molecule has 2 heterocycles. The van der Waals surface area contributed by atoms with Crippen LogP contribution in [-0.2, 0) is 13.1 Å². The molecular weight excluding hydrogens is 513 g/mol. The number of fused-ring (bicyclic) bond motifs is 2. The Labute approximate surface area is 204 Å². The summed E-state index contributed by atoms with van der Waals surface area (Å²) < 4.78 is 13.0. The van der Waals surface area contributed by atoms with Gasteiger partial charge in [0.1, 0.15) is 18.2 Å². The van der Waals surface area contributed by atoms with Crippen molar-refractivity contribution in [2.75, 3.05) is 6.73 Å². The van der Waals surface area contributed by atoms with E-state index in [0.717, 1.165) is 32.5 Å². The summed E-state index contributed by atoms with van der Waals surface area (Å²) in [6, 6.07) is 15.2. The average Bonchev–Trinajstić information content (AvgIpc) is 3.08. The van der Waals surface area contributed by atoms with Crippen molar-refractivity contribution in [3.05, 3.63) is 96.6 Å². The van der Waals surface area contributed by atoms with Crippen LogP contribution in [0.25, 0.3) is 6.08 Å². The number of halogens is 3. The minimum absolute atomic E-state index is 0.115. The maximum absolute atomic E-state index is 13.1. The molecular formula is C25H18BrCl2NO3. The Morgan fingerprint density at radius 2 is 1.84 bits per heavy atom. The van der Waals surface area contributed by atoms with E-state index in [2.05, 4.69) is 20.8 Å². The summed E-state index contributed by atoms with van der Waals surface area (Å²) in [7, 11) is 0. The Balaban J connectivity index is 1.41. The van der Waals surface area contributed by atoms with Crippen molar-refractivity contribution in [2.45, 2.75) is 20.0 Å². The summed E-state index contributed by atoms with van der Waals surface area (Å²) in [5, 5.41) is 1.07. The molecule has 0 spiro atoms. The Morgan fingerprint density at radius 3 is 2.59 bits per heavy atom. The molecule has 0 radical (unpaired) electrons. The standard InChI is InChI=1S/C25H18BrCl2NO3/c1-14-24-17(12-29(13-31-24)11-16-4-7-20(27)21(28)8-16)10-19-23(30)22(32-25(14)19)9-15-2-5-18(26)6-3-15/h2-10H,11-13H2,1H3/b22-9-. The lowest BCUT2D eigenvalue weighted by molar-refractivity contribution is 0.0876. The van der Waals surface area contributed by atoms with Crippen molar-refractivity contribution in [3.63, 3.8) is 0 Å². The van der Waals surface area contributed by atoms with Crippen molar-refractivity contribution in [1.29, 1.82) is 0 Å². The molecule has 2 aliphatic rings. The van der Waals surface area contributed by atoms with Crippen LogP contribution in [0.1, 0.15) is 32.6 Å². The minimum atomic E-state index is -0.115. The van der Waals surface area contributed by atoms with E-state index in [-0.39, 0.29) is 5.78 Å². The summed E-state index contributed by atoms with van der Waals surface area (Å²) in [5.41, 5.74) is 4.33. The van der Waals surface area contributed by atoms with Gasteiger partial charge in [-0.05, 0) is 54.5 Å². The molecule has 0 atom stereocenters. The Bertz CT molecular complexity index is 1270. The van der Waals surface area contributed by atoms with Gasteiger partial charge in [-0.1, -0.05) is 57.3 Å². The van der Waals surface area contributed by atoms with Crippen LogP contribution in [0.4, 0.5) is 0 Å². The number of hydrogen-bond donors (Lipinski definition) is 0. The molecule has 162 valence electrons. The molecule has 0 aliphatic carbocycles. The quantitative estimate of drug-likeness (QED) is 0.341. The number of hydrogen-bond acceptors (Lipinski definition) is 4. The van der Waals surface area contributed by atoms with Gasteiger partial charge in [-0.25, -0.2) is 0 Å². The first-order chi connectivity index (χ1) is 15.4. The smallest absolute Gasteiger partial charge is 0.231 e. The number of ketones is 1. The predicted octanol–water partition coefficient (Wildman–Crippen LogP) is 7.03. The summed E-state index contributed by atoms with van der Waals surface area (Å²) in [6.45, 7) is 3.68. The van der Waals surface area contributed by atoms with Gasteiger partial charge in [-0.3, -0.25) is 9.69 Å². The molecule has 32 heavy (non-hydrogen) atoms. The van der Waals surface area contributed by atoms with Gasteiger partial charge in [-0.15, -0.1) is 0 Å². The van der Waals surface area contributed by atoms with E-state index in [9.17, 15) is 4.79 Å². The monoisotopic (exact) mass is 529 g/mol. The van der Waals surface area contributed by atoms with Gasteiger partial charge in [0.15, 0.2) is 5.76 Å². The highest BCUT2D eigenvalue weighted by molar-refractivity contribution is 9.10. The summed E-state index contributed by atoms with van der Waals surface area (Å²) in [5.74, 6) is 1.57. The number of allylic oxidation sites excluding steroid dienone is 1. The highest BCUT2D eigenvalue weighted by atomic mass is 79.9. The number of benzene rings is 3. The van der Waals surface area contributed by atoms with E-state index in [1.807, 2.05) is 49.4 Å². The predicted molar refractivity (Wildman–Crippen MR) is 129 cm³/mol. The third-order valence-corrected chi connectivity index (χ3v) is 6.83. The normalized spacial score (nSPS) is 16.5. The van der Waals surface area contributed by atoms with Crippen molar-refractivity contribution in [2.24, 2.45) is 0 Å². The fraction of sp³-hybridized carbons (Fsp3) is 0.160. The third-order valence-electron chi connectivity index (χ3n) is 5.56. The van der Waals surface area contributed by atoms with Gasteiger partial charge in [0.25, 0.3) is 0 Å². The molecule has 3 aromatic rings. The molecule has 0 amide bonds. The number of carbonyl (C=O) groups is 1. The second-order valence-corrected chi connectivity index (χ2v) is 9.60. The summed E-state index contributed by atoms with van der Waals surface area (Å²) >= 11 is 15.6. The van der Waals surface area contributed by atoms with Crippen LogP contribution >= 0.6 is 39.1 Å². The molecule has 0 saturated carbocycles. The van der Waals surface area contributed by atoms with E-state index in [0.29, 0.717) is 46.9 Å². The molecule has 0 aromatic heterocycles. The zero-order valence-corrected chi connectivity index (χ0v) is 20.2. The van der Waals surface area contributed by atoms with Crippen molar-refractivity contribution in [3.8, 4) is 11.5 Å². The summed E-state index contributed by atoms with van der Waals surface area (Å²) in [4.78, 5) is 15.2. The number of Topliss-reactive ketones (excluding diaryl/α,β-unsaturated/α-hetero) is 1. The zero-order valence-electron chi connectivity index (χ0n) is 17.1. The van der Waals surface area contributed by atoms with E-state index in [1.54, 1.807) is 12.1 Å². The number of carbonyl (C=O) groups excluding carboxylic acids is 1. The van der Waals surface area contributed by atoms with E-state index >= 15 is 0 Å². The van der Waals surface area contributed by atoms with Gasteiger partial charge in [0.05, 0.1) is 15.6 Å². The molecule has 0 N–H and O–H groups in total. The van der Waals surface area contributed by atoms with Gasteiger partial charge in [0.2, 0.25) is 5.78 Å². The van der Waals surface area contributed by atoms with Gasteiger partial charge >= 0.3 is 0 Å². The minimum Gasteiger partial charge on any atom is -0.477 e. The van der Waals surface area contributed by atoms with Gasteiger partial charge in [0, 0.05) is 28.7 Å². The fourth-order valence-corrected chi connectivity index (χ4v) is 4.59. The first kappa shape index (κ1) is 21.5. The Morgan fingerprint density at radius 1 is 1.06 bits per heavy atom. The molecule has 0 bridgehead atoms. The maximum atomic E-state index is 13.1. The van der Waals surface area contributed by atoms with Crippen LogP contribution in [0, 0.1) is 6.92 Å². The molecule has 4 nitrogen and oxygen atoms in total. The zero-order chi connectivity index (χ0) is 22.4. The van der Waals surface area contributed by atoms with Crippen LogP contribution in [0.5, 0.6) is 11.5 Å². The highest BCUT2D eigenvalue weighted by Gasteiger charge is 2.33. The Hall–Kier alpha value is -2.31. The van der Waals surface area contributed by atoms with Crippen LogP contribution < -0.4 is 9.47 Å². The number of nitrogens with zero attached hydrogens (tertiary/aromatic N) is 1. The molecule has 7 heteroatoms. The highest BCUT2D eigenvalue weighted by Crippen LogP contribution is 2.43. The van der Waals surface area contributed by atoms with Crippen molar-refractivity contribution < 1.29 is 14.3 Å². The molecule has 0 unspecified atom stereocenters. The third kappa shape index (κ3) is 4.06. The molecule has 3 aromatic carbocycles. The van der Waals surface area contributed by atoms with Crippen LogP contribution in [-0.4, -0.2) is 17.4 Å². The topological polar surface area (TPSA) is 38.8 Å². The number of rotatable bonds is 3. The largest absolute Gasteiger partial charge is 0.477 e. The van der Waals surface area contributed by atoms with Crippen molar-refractivity contribution in [1.82, 2.24) is 4.90 Å². The van der Waals surface area contributed by atoms with Crippen molar-refractivity contribution >= 4 is 51.0 Å². The van der Waals surface area contributed by atoms with Crippen LogP contribution in [0.2, 0.25) is 10.0 Å². The molecule has 2 aliphatic heterocycles. The molecule has 5 rings (SSSR count). The lowest BCUT2D eigenvalue weighted by Gasteiger charge is -2.30. The second kappa shape index (κ2) is 8.56. The maximum Gasteiger partial charge on any atom is 0.231 e. The second-order valence-electron chi connectivity index (χ2n) is 7.87. The van der Waals surface area contributed by atoms with E-state index in [1.165, 1.54) is 0 Å². The lowest BCUT2D eigenvalue weighted by Crippen LogP contribution is -2.32. The first-order valence-electron chi connectivity index (χ1n) is 10.0. The number of ether oxygens (including phenoxy) is 2. The van der Waals surface area contributed by atoms with Crippen LogP contribution in [0.15, 0.2) is 58.8 Å². The Kier molecular flexibility index (Phi) is 5.76.